The summed E-state index contributed by atoms with van der Waals surface area (Å²) in [5.41, 5.74) is 0.675. The molecule has 2 heterocycles. The Balaban J connectivity index is 2.46. The molecule has 0 aliphatic rings. The zero-order chi connectivity index (χ0) is 17.4. The number of halogens is 1. The van der Waals surface area contributed by atoms with E-state index in [0.717, 1.165) is 0 Å². The van der Waals surface area contributed by atoms with Gasteiger partial charge in [0.15, 0.2) is 11.2 Å². The van der Waals surface area contributed by atoms with Crippen LogP contribution in [0.5, 0.6) is 0 Å². The second-order valence-corrected chi connectivity index (χ2v) is 6.55. The summed E-state index contributed by atoms with van der Waals surface area (Å²) in [4.78, 5) is 30.1. The van der Waals surface area contributed by atoms with Gasteiger partial charge in [0.1, 0.15) is 0 Å². The second kappa shape index (κ2) is 6.28. The minimum absolute atomic E-state index is 0.165. The molecule has 0 radical (unpaired) electrons. The van der Waals surface area contributed by atoms with Gasteiger partial charge < -0.3 is 4.57 Å². The maximum atomic E-state index is 13.0. The number of aryl methyl sites for hydroxylation is 1. The Morgan fingerprint density at radius 3 is 2.62 bits per heavy atom. The Bertz CT molecular complexity index is 1010. The lowest BCUT2D eigenvalue weighted by Crippen LogP contribution is -2.41. The van der Waals surface area contributed by atoms with Gasteiger partial charge in [-0.05, 0) is 31.0 Å². The highest BCUT2D eigenvalue weighted by Crippen LogP contribution is 2.17. The molecular weight excluding hydrogens is 328 g/mol. The standard InChI is InChI=1S/C17H19ClN4O2/c1-4-20-10-19-15-14(20)16(23)21(9-11(2)3)17(24)22(15)13-7-5-6-12(18)8-13/h5-8,10-11H,4,9H2,1-3H3. The highest BCUT2D eigenvalue weighted by atomic mass is 35.5. The van der Waals surface area contributed by atoms with Crippen molar-refractivity contribution < 1.29 is 0 Å². The normalized spacial score (nSPS) is 11.5. The number of benzene rings is 1. The minimum Gasteiger partial charge on any atom is -0.325 e. The molecule has 24 heavy (non-hydrogen) atoms. The topological polar surface area (TPSA) is 61.8 Å². The van der Waals surface area contributed by atoms with Crippen LogP contribution in [0.1, 0.15) is 20.8 Å². The van der Waals surface area contributed by atoms with Gasteiger partial charge in [-0.1, -0.05) is 31.5 Å². The van der Waals surface area contributed by atoms with Crippen molar-refractivity contribution in [3.63, 3.8) is 0 Å². The molecule has 3 aromatic rings. The van der Waals surface area contributed by atoms with Gasteiger partial charge in [-0.25, -0.2) is 14.3 Å². The van der Waals surface area contributed by atoms with Gasteiger partial charge in [0.2, 0.25) is 0 Å². The lowest BCUT2D eigenvalue weighted by Gasteiger charge is -2.14. The molecule has 0 spiro atoms. The first-order valence-electron chi connectivity index (χ1n) is 7.90. The van der Waals surface area contributed by atoms with E-state index in [4.69, 9.17) is 11.6 Å². The second-order valence-electron chi connectivity index (χ2n) is 6.11. The van der Waals surface area contributed by atoms with E-state index in [1.165, 1.54) is 9.13 Å². The van der Waals surface area contributed by atoms with E-state index in [1.807, 2.05) is 20.8 Å². The fourth-order valence-electron chi connectivity index (χ4n) is 2.79. The predicted octanol–water partition coefficient (Wildman–Crippen LogP) is 2.68. The molecule has 1 aromatic carbocycles. The Kier molecular flexibility index (Phi) is 4.32. The van der Waals surface area contributed by atoms with Crippen LogP contribution in [-0.2, 0) is 13.1 Å². The average Bonchev–Trinajstić information content (AvgIpc) is 2.95. The molecule has 3 rings (SSSR count). The summed E-state index contributed by atoms with van der Waals surface area (Å²) in [5, 5.41) is 0.518. The third-order valence-corrected chi connectivity index (χ3v) is 4.09. The number of hydrogen-bond donors (Lipinski definition) is 0. The van der Waals surface area contributed by atoms with Gasteiger partial charge in [-0.3, -0.25) is 9.36 Å². The molecule has 6 nitrogen and oxygen atoms in total. The smallest absolute Gasteiger partial charge is 0.325 e. The fraction of sp³-hybridized carbons (Fsp3) is 0.353. The van der Waals surface area contributed by atoms with Gasteiger partial charge in [-0.2, -0.15) is 0 Å². The predicted molar refractivity (Wildman–Crippen MR) is 95.1 cm³/mol. The molecule has 0 bridgehead atoms. The van der Waals surface area contributed by atoms with Crippen LogP contribution in [0.4, 0.5) is 0 Å². The van der Waals surface area contributed by atoms with E-state index in [2.05, 4.69) is 4.98 Å². The van der Waals surface area contributed by atoms with Crippen molar-refractivity contribution in [2.75, 3.05) is 0 Å². The lowest BCUT2D eigenvalue weighted by atomic mass is 10.2. The molecule has 0 saturated carbocycles. The number of rotatable bonds is 4. The molecule has 0 N–H and O–H groups in total. The zero-order valence-corrected chi connectivity index (χ0v) is 14.6. The Morgan fingerprint density at radius 1 is 1.25 bits per heavy atom. The van der Waals surface area contributed by atoms with E-state index >= 15 is 0 Å². The van der Waals surface area contributed by atoms with Crippen molar-refractivity contribution in [3.05, 3.63) is 56.5 Å². The van der Waals surface area contributed by atoms with Gasteiger partial charge in [-0.15, -0.1) is 0 Å². The monoisotopic (exact) mass is 346 g/mol. The van der Waals surface area contributed by atoms with Gasteiger partial charge >= 0.3 is 5.69 Å². The van der Waals surface area contributed by atoms with E-state index < -0.39 is 5.69 Å². The lowest BCUT2D eigenvalue weighted by molar-refractivity contribution is 0.489. The molecular formula is C17H19ClN4O2. The molecule has 126 valence electrons. The maximum Gasteiger partial charge on any atom is 0.337 e. The minimum atomic E-state index is -0.398. The molecule has 0 aliphatic carbocycles. The maximum absolute atomic E-state index is 13.0. The van der Waals surface area contributed by atoms with Crippen LogP contribution in [0, 0.1) is 5.92 Å². The van der Waals surface area contributed by atoms with Crippen molar-refractivity contribution in [2.45, 2.75) is 33.9 Å². The first-order chi connectivity index (χ1) is 11.4. The third-order valence-electron chi connectivity index (χ3n) is 3.85. The molecule has 7 heteroatoms. The largest absolute Gasteiger partial charge is 0.337 e. The average molecular weight is 347 g/mol. The van der Waals surface area contributed by atoms with Crippen LogP contribution in [0.2, 0.25) is 5.02 Å². The summed E-state index contributed by atoms with van der Waals surface area (Å²) in [6.07, 6.45) is 1.59. The molecule has 0 fully saturated rings. The Labute approximate surface area is 143 Å². The summed E-state index contributed by atoms with van der Waals surface area (Å²) in [6, 6.07) is 6.98. The number of fused-ring (bicyclic) bond motifs is 1. The highest BCUT2D eigenvalue weighted by Gasteiger charge is 2.19. The molecule has 0 amide bonds. The summed E-state index contributed by atoms with van der Waals surface area (Å²) in [5.74, 6) is 0.165. The summed E-state index contributed by atoms with van der Waals surface area (Å²) in [6.45, 7) is 6.82. The van der Waals surface area contributed by atoms with Crippen LogP contribution in [0.25, 0.3) is 16.9 Å². The summed E-state index contributed by atoms with van der Waals surface area (Å²) >= 11 is 6.08. The highest BCUT2D eigenvalue weighted by molar-refractivity contribution is 6.30. The molecule has 0 unspecified atom stereocenters. The molecule has 2 aromatic heterocycles. The zero-order valence-electron chi connectivity index (χ0n) is 13.9. The molecule has 0 atom stereocenters. The fourth-order valence-corrected chi connectivity index (χ4v) is 2.98. The summed E-state index contributed by atoms with van der Waals surface area (Å²) in [7, 11) is 0. The first-order valence-corrected chi connectivity index (χ1v) is 8.28. The quantitative estimate of drug-likeness (QED) is 0.729. The molecule has 0 saturated heterocycles. The Morgan fingerprint density at radius 2 is 2.00 bits per heavy atom. The van der Waals surface area contributed by atoms with Gasteiger partial charge in [0, 0.05) is 18.1 Å². The van der Waals surface area contributed by atoms with E-state index in [9.17, 15) is 9.59 Å². The Hall–Kier alpha value is -2.34. The van der Waals surface area contributed by atoms with Crippen molar-refractivity contribution >= 4 is 22.8 Å². The molecule has 0 aliphatic heterocycles. The van der Waals surface area contributed by atoms with Crippen LogP contribution in [0.15, 0.2) is 40.2 Å². The van der Waals surface area contributed by atoms with Crippen molar-refractivity contribution in [2.24, 2.45) is 5.92 Å². The number of hydrogen-bond acceptors (Lipinski definition) is 3. The summed E-state index contributed by atoms with van der Waals surface area (Å²) < 4.78 is 4.49. The number of nitrogens with zero attached hydrogens (tertiary/aromatic N) is 4. The van der Waals surface area contributed by atoms with Crippen LogP contribution in [0.3, 0.4) is 0 Å². The van der Waals surface area contributed by atoms with Gasteiger partial charge in [0.25, 0.3) is 5.56 Å². The number of aromatic nitrogens is 4. The first kappa shape index (κ1) is 16.5. The van der Waals surface area contributed by atoms with Crippen LogP contribution >= 0.6 is 11.6 Å². The van der Waals surface area contributed by atoms with E-state index in [-0.39, 0.29) is 11.5 Å². The van der Waals surface area contributed by atoms with E-state index in [1.54, 1.807) is 35.2 Å². The van der Waals surface area contributed by atoms with Crippen LogP contribution in [-0.4, -0.2) is 18.7 Å². The van der Waals surface area contributed by atoms with E-state index in [0.29, 0.717) is 35.0 Å². The number of imidazole rings is 1. The SMILES string of the molecule is CCn1cnc2c1c(=O)n(CC(C)C)c(=O)n2-c1cccc(Cl)c1. The van der Waals surface area contributed by atoms with Crippen molar-refractivity contribution in [1.82, 2.24) is 18.7 Å². The van der Waals surface area contributed by atoms with Crippen LogP contribution < -0.4 is 11.2 Å². The van der Waals surface area contributed by atoms with Crippen molar-refractivity contribution in [1.29, 1.82) is 0 Å². The third kappa shape index (κ3) is 2.67. The van der Waals surface area contributed by atoms with Crippen molar-refractivity contribution in [3.8, 4) is 5.69 Å². The van der Waals surface area contributed by atoms with Gasteiger partial charge in [0.05, 0.1) is 12.0 Å².